The quantitative estimate of drug-likeness (QED) is 0.919. The Hall–Kier alpha value is -1.40. The van der Waals surface area contributed by atoms with Crippen LogP contribution in [0.15, 0.2) is 18.2 Å². The van der Waals surface area contributed by atoms with Crippen LogP contribution in [0.2, 0.25) is 0 Å². The molecule has 1 saturated carbocycles. The minimum atomic E-state index is -3.17. The van der Waals surface area contributed by atoms with Gasteiger partial charge in [0.05, 0.1) is 5.75 Å². The summed E-state index contributed by atoms with van der Waals surface area (Å²) < 4.78 is 25.7. The van der Waals surface area contributed by atoms with E-state index in [1.807, 2.05) is 18.2 Å². The molecule has 0 unspecified atom stereocenters. The van der Waals surface area contributed by atoms with Crippen molar-refractivity contribution >= 4 is 21.6 Å². The molecule has 0 radical (unpaired) electrons. The van der Waals surface area contributed by atoms with Crippen molar-refractivity contribution in [3.8, 4) is 0 Å². The highest BCUT2D eigenvalue weighted by molar-refractivity contribution is 7.89. The molecule has 0 bridgehead atoms. The number of fused-ring (bicyclic) bond motifs is 1. The lowest BCUT2D eigenvalue weighted by Crippen LogP contribution is -2.36. The third kappa shape index (κ3) is 3.58. The van der Waals surface area contributed by atoms with Crippen molar-refractivity contribution < 1.29 is 13.2 Å². The van der Waals surface area contributed by atoms with Gasteiger partial charge in [0.1, 0.15) is 0 Å². The van der Waals surface area contributed by atoms with Crippen molar-refractivity contribution in [1.29, 1.82) is 0 Å². The summed E-state index contributed by atoms with van der Waals surface area (Å²) in [5, 5.41) is 2.99. The summed E-state index contributed by atoms with van der Waals surface area (Å²) in [5.74, 6) is 0.347. The van der Waals surface area contributed by atoms with Crippen molar-refractivity contribution in [2.24, 2.45) is 5.92 Å². The molecule has 0 aromatic heterocycles. The molecule has 0 atom stereocenters. The van der Waals surface area contributed by atoms with Gasteiger partial charge in [-0.05, 0) is 49.4 Å². The zero-order valence-corrected chi connectivity index (χ0v) is 14.4. The van der Waals surface area contributed by atoms with Gasteiger partial charge in [0, 0.05) is 24.7 Å². The number of rotatable bonds is 4. The predicted octanol–water partition coefficient (Wildman–Crippen LogP) is 2.52. The Balaban J connectivity index is 1.74. The number of benzene rings is 1. The number of sulfonamides is 1. The minimum absolute atomic E-state index is 0.0938. The van der Waals surface area contributed by atoms with Crippen molar-refractivity contribution in [1.82, 2.24) is 4.31 Å². The molecule has 2 aliphatic rings. The SMILES string of the molecule is CCS(=O)(=O)N1CCc2ccc(NC(=O)C3CCCC3)cc2C1. The maximum atomic E-state index is 12.2. The summed E-state index contributed by atoms with van der Waals surface area (Å²) in [6, 6.07) is 5.87. The molecule has 1 N–H and O–H groups in total. The van der Waals surface area contributed by atoms with Crippen molar-refractivity contribution in [3.05, 3.63) is 29.3 Å². The number of amides is 1. The first-order chi connectivity index (χ1) is 11.0. The summed E-state index contributed by atoms with van der Waals surface area (Å²) in [7, 11) is -3.17. The zero-order valence-electron chi connectivity index (χ0n) is 13.5. The Morgan fingerprint density at radius 2 is 2.00 bits per heavy atom. The van der Waals surface area contributed by atoms with Gasteiger partial charge in [0.25, 0.3) is 0 Å². The van der Waals surface area contributed by atoms with Gasteiger partial charge < -0.3 is 5.32 Å². The molecule has 23 heavy (non-hydrogen) atoms. The predicted molar refractivity (Wildman–Crippen MR) is 90.6 cm³/mol. The Morgan fingerprint density at radius 3 is 2.70 bits per heavy atom. The molecule has 1 aliphatic heterocycles. The van der Waals surface area contributed by atoms with E-state index in [1.165, 1.54) is 9.87 Å². The van der Waals surface area contributed by atoms with Crippen LogP contribution in [0.25, 0.3) is 0 Å². The highest BCUT2D eigenvalue weighted by Gasteiger charge is 2.26. The van der Waals surface area contributed by atoms with Crippen LogP contribution in [0.5, 0.6) is 0 Å². The summed E-state index contributed by atoms with van der Waals surface area (Å²) in [4.78, 5) is 12.2. The van der Waals surface area contributed by atoms with Crippen LogP contribution in [-0.2, 0) is 27.8 Å². The van der Waals surface area contributed by atoms with Crippen LogP contribution in [0.4, 0.5) is 5.69 Å². The molecule has 5 nitrogen and oxygen atoms in total. The first kappa shape index (κ1) is 16.5. The molecular formula is C17H24N2O3S. The van der Waals surface area contributed by atoms with Crippen molar-refractivity contribution in [2.75, 3.05) is 17.6 Å². The Bertz CT molecular complexity index is 694. The van der Waals surface area contributed by atoms with E-state index in [0.29, 0.717) is 13.1 Å². The number of hydrogen-bond donors (Lipinski definition) is 1. The summed E-state index contributed by atoms with van der Waals surface area (Å²) in [5.41, 5.74) is 2.94. The standard InChI is InChI=1S/C17H24N2O3S/c1-2-23(21,22)19-10-9-13-7-8-16(11-15(13)12-19)18-17(20)14-5-3-4-6-14/h7-8,11,14H,2-6,9-10,12H2,1H3,(H,18,20). The first-order valence-electron chi connectivity index (χ1n) is 8.40. The number of nitrogens with zero attached hydrogens (tertiary/aromatic N) is 1. The lowest BCUT2D eigenvalue weighted by molar-refractivity contribution is -0.119. The molecule has 0 saturated heterocycles. The van der Waals surface area contributed by atoms with E-state index >= 15 is 0 Å². The number of carbonyl (C=O) groups is 1. The molecule has 1 aromatic carbocycles. The lowest BCUT2D eigenvalue weighted by Gasteiger charge is -2.28. The normalized spacial score (nSPS) is 19.5. The Morgan fingerprint density at radius 1 is 1.26 bits per heavy atom. The molecule has 1 aliphatic carbocycles. The molecule has 1 aromatic rings. The molecule has 0 spiro atoms. The largest absolute Gasteiger partial charge is 0.326 e. The third-order valence-corrected chi connectivity index (χ3v) is 6.76. The average molecular weight is 336 g/mol. The van der Waals surface area contributed by atoms with Gasteiger partial charge in [0.2, 0.25) is 15.9 Å². The second kappa shape index (κ2) is 6.61. The summed E-state index contributed by atoms with van der Waals surface area (Å²) >= 11 is 0. The second-order valence-electron chi connectivity index (χ2n) is 6.44. The number of nitrogens with one attached hydrogen (secondary N) is 1. The molecule has 1 fully saturated rings. The van der Waals surface area contributed by atoms with Gasteiger partial charge in [-0.2, -0.15) is 4.31 Å². The lowest BCUT2D eigenvalue weighted by atomic mass is 10.00. The first-order valence-corrected chi connectivity index (χ1v) is 10.0. The second-order valence-corrected chi connectivity index (χ2v) is 8.70. The van der Waals surface area contributed by atoms with Crippen LogP contribution in [0.3, 0.4) is 0 Å². The van der Waals surface area contributed by atoms with Crippen molar-refractivity contribution in [3.63, 3.8) is 0 Å². The fourth-order valence-electron chi connectivity index (χ4n) is 3.46. The van der Waals surface area contributed by atoms with Crippen LogP contribution in [0, 0.1) is 5.92 Å². The molecule has 3 rings (SSSR count). The van der Waals surface area contributed by atoms with E-state index in [4.69, 9.17) is 0 Å². The Labute approximate surface area is 138 Å². The van der Waals surface area contributed by atoms with Crippen LogP contribution < -0.4 is 5.32 Å². The molecule has 6 heteroatoms. The third-order valence-electron chi connectivity index (χ3n) is 4.94. The highest BCUT2D eigenvalue weighted by Crippen LogP contribution is 2.28. The Kier molecular flexibility index (Phi) is 4.73. The van der Waals surface area contributed by atoms with E-state index in [2.05, 4.69) is 5.32 Å². The minimum Gasteiger partial charge on any atom is -0.326 e. The smallest absolute Gasteiger partial charge is 0.227 e. The van der Waals surface area contributed by atoms with E-state index in [1.54, 1.807) is 6.92 Å². The zero-order chi connectivity index (χ0) is 16.4. The van der Waals surface area contributed by atoms with Gasteiger partial charge in [-0.3, -0.25) is 4.79 Å². The van der Waals surface area contributed by atoms with E-state index in [9.17, 15) is 13.2 Å². The summed E-state index contributed by atoms with van der Waals surface area (Å²) in [6.45, 7) is 2.61. The molecular weight excluding hydrogens is 312 g/mol. The average Bonchev–Trinajstić information content (AvgIpc) is 3.08. The van der Waals surface area contributed by atoms with Gasteiger partial charge >= 0.3 is 0 Å². The van der Waals surface area contributed by atoms with E-state index in [-0.39, 0.29) is 17.6 Å². The van der Waals surface area contributed by atoms with Gasteiger partial charge in [-0.15, -0.1) is 0 Å². The fourth-order valence-corrected chi connectivity index (χ4v) is 4.53. The molecule has 126 valence electrons. The summed E-state index contributed by atoms with van der Waals surface area (Å²) in [6.07, 6.45) is 4.93. The fraction of sp³-hybridized carbons (Fsp3) is 0.588. The van der Waals surface area contributed by atoms with Gasteiger partial charge in [-0.1, -0.05) is 18.9 Å². The molecule has 1 heterocycles. The van der Waals surface area contributed by atoms with E-state index < -0.39 is 10.0 Å². The van der Waals surface area contributed by atoms with Crippen LogP contribution >= 0.6 is 0 Å². The number of anilines is 1. The van der Waals surface area contributed by atoms with Crippen LogP contribution in [-0.4, -0.2) is 30.9 Å². The number of carbonyl (C=O) groups excluding carboxylic acids is 1. The maximum Gasteiger partial charge on any atom is 0.227 e. The highest BCUT2D eigenvalue weighted by atomic mass is 32.2. The number of hydrogen-bond acceptors (Lipinski definition) is 3. The maximum absolute atomic E-state index is 12.2. The molecule has 1 amide bonds. The topological polar surface area (TPSA) is 66.5 Å². The van der Waals surface area contributed by atoms with E-state index in [0.717, 1.165) is 43.4 Å². The van der Waals surface area contributed by atoms with Gasteiger partial charge in [0.15, 0.2) is 0 Å². The van der Waals surface area contributed by atoms with Gasteiger partial charge in [-0.25, -0.2) is 8.42 Å². The van der Waals surface area contributed by atoms with Crippen molar-refractivity contribution in [2.45, 2.75) is 45.6 Å². The monoisotopic (exact) mass is 336 g/mol. The van der Waals surface area contributed by atoms with Crippen LogP contribution in [0.1, 0.15) is 43.7 Å².